The fourth-order valence-corrected chi connectivity index (χ4v) is 2.92. The zero-order valence-corrected chi connectivity index (χ0v) is 12.5. The van der Waals surface area contributed by atoms with Crippen molar-refractivity contribution in [3.05, 3.63) is 29.3 Å². The van der Waals surface area contributed by atoms with Gasteiger partial charge in [0.1, 0.15) is 5.75 Å². The Morgan fingerprint density at radius 2 is 1.84 bits per heavy atom. The van der Waals surface area contributed by atoms with Gasteiger partial charge in [0, 0.05) is 0 Å². The molecule has 0 amide bonds. The molecule has 0 saturated carbocycles. The molecule has 0 aromatic heterocycles. The second-order valence-corrected chi connectivity index (χ2v) is 5.89. The van der Waals surface area contributed by atoms with Gasteiger partial charge in [0.15, 0.2) is 0 Å². The molecule has 1 aliphatic heterocycles. The van der Waals surface area contributed by atoms with Gasteiger partial charge in [0.25, 0.3) is 0 Å². The smallest absolute Gasteiger partial charge is 0.122 e. The summed E-state index contributed by atoms with van der Waals surface area (Å²) in [6.07, 6.45) is 6.76. The van der Waals surface area contributed by atoms with Crippen LogP contribution in [-0.4, -0.2) is 26.2 Å². The third-order valence-corrected chi connectivity index (χ3v) is 4.07. The zero-order chi connectivity index (χ0) is 13.5. The molecule has 1 saturated heterocycles. The highest BCUT2D eigenvalue weighted by molar-refractivity contribution is 5.35. The lowest BCUT2D eigenvalue weighted by Gasteiger charge is -2.23. The molecule has 0 unspecified atom stereocenters. The van der Waals surface area contributed by atoms with Crippen molar-refractivity contribution >= 4 is 0 Å². The average molecular weight is 262 g/mol. The SMILES string of the molecule is Cc1ccc(OCCCC[NH+]2CCCCC2)c(C)c1. The Bertz CT molecular complexity index is 383. The van der Waals surface area contributed by atoms with Gasteiger partial charge in [-0.2, -0.15) is 0 Å². The van der Waals surface area contributed by atoms with Crippen LogP contribution in [0.2, 0.25) is 0 Å². The van der Waals surface area contributed by atoms with Crippen molar-refractivity contribution in [2.75, 3.05) is 26.2 Å². The van der Waals surface area contributed by atoms with E-state index in [-0.39, 0.29) is 0 Å². The van der Waals surface area contributed by atoms with E-state index < -0.39 is 0 Å². The van der Waals surface area contributed by atoms with Gasteiger partial charge in [-0.05, 0) is 57.6 Å². The molecule has 106 valence electrons. The van der Waals surface area contributed by atoms with Gasteiger partial charge in [-0.1, -0.05) is 17.7 Å². The second kappa shape index (κ2) is 7.54. The van der Waals surface area contributed by atoms with E-state index in [9.17, 15) is 0 Å². The van der Waals surface area contributed by atoms with Crippen LogP contribution >= 0.6 is 0 Å². The zero-order valence-electron chi connectivity index (χ0n) is 12.5. The summed E-state index contributed by atoms with van der Waals surface area (Å²) in [7, 11) is 0. The number of hydrogen-bond acceptors (Lipinski definition) is 1. The van der Waals surface area contributed by atoms with Gasteiger partial charge in [-0.15, -0.1) is 0 Å². The van der Waals surface area contributed by atoms with Crippen molar-refractivity contribution in [2.24, 2.45) is 0 Å². The maximum Gasteiger partial charge on any atom is 0.122 e. The first-order chi connectivity index (χ1) is 9.25. The van der Waals surface area contributed by atoms with E-state index in [1.807, 2.05) is 0 Å². The Morgan fingerprint density at radius 3 is 2.58 bits per heavy atom. The molecule has 19 heavy (non-hydrogen) atoms. The minimum Gasteiger partial charge on any atom is -0.493 e. The Balaban J connectivity index is 1.61. The molecule has 1 N–H and O–H groups in total. The molecule has 1 aliphatic rings. The molecule has 0 bridgehead atoms. The van der Waals surface area contributed by atoms with Crippen molar-refractivity contribution in [2.45, 2.75) is 46.0 Å². The van der Waals surface area contributed by atoms with Crippen LogP contribution in [0.4, 0.5) is 0 Å². The molecule has 1 fully saturated rings. The van der Waals surface area contributed by atoms with Gasteiger partial charge in [0.2, 0.25) is 0 Å². The molecular formula is C17H28NO+. The molecule has 0 radical (unpaired) electrons. The van der Waals surface area contributed by atoms with E-state index in [4.69, 9.17) is 4.74 Å². The number of rotatable bonds is 6. The summed E-state index contributed by atoms with van der Waals surface area (Å²) in [6.45, 7) is 9.21. The molecule has 0 spiro atoms. The fraction of sp³-hybridized carbons (Fsp3) is 0.647. The van der Waals surface area contributed by atoms with Crippen molar-refractivity contribution in [3.8, 4) is 5.75 Å². The average Bonchev–Trinajstić information content (AvgIpc) is 2.42. The first kappa shape index (κ1) is 14.4. The van der Waals surface area contributed by atoms with E-state index in [1.54, 1.807) is 4.90 Å². The lowest BCUT2D eigenvalue weighted by Crippen LogP contribution is -3.12. The molecule has 2 nitrogen and oxygen atoms in total. The third-order valence-electron chi connectivity index (χ3n) is 4.07. The molecular weight excluding hydrogens is 234 g/mol. The number of hydrogen-bond donors (Lipinski definition) is 1. The van der Waals surface area contributed by atoms with Crippen LogP contribution < -0.4 is 9.64 Å². The van der Waals surface area contributed by atoms with Crippen LogP contribution in [0.3, 0.4) is 0 Å². The van der Waals surface area contributed by atoms with E-state index >= 15 is 0 Å². The normalized spacial score (nSPS) is 16.5. The molecule has 1 heterocycles. The van der Waals surface area contributed by atoms with Crippen LogP contribution in [0.15, 0.2) is 18.2 Å². The standard InChI is InChI=1S/C17H27NO/c1-15-8-9-17(16(2)14-15)19-13-7-6-12-18-10-4-3-5-11-18/h8-9,14H,3-7,10-13H2,1-2H3/p+1. The number of aryl methyl sites for hydroxylation is 2. The minimum absolute atomic E-state index is 0.858. The van der Waals surface area contributed by atoms with Crippen molar-refractivity contribution < 1.29 is 9.64 Å². The highest BCUT2D eigenvalue weighted by atomic mass is 16.5. The number of quaternary nitrogens is 1. The van der Waals surface area contributed by atoms with Gasteiger partial charge in [0.05, 0.1) is 26.2 Å². The Labute approximate surface area is 117 Å². The van der Waals surface area contributed by atoms with Gasteiger partial charge < -0.3 is 9.64 Å². The van der Waals surface area contributed by atoms with Crippen LogP contribution in [0, 0.1) is 13.8 Å². The van der Waals surface area contributed by atoms with Crippen LogP contribution in [-0.2, 0) is 0 Å². The molecule has 1 aromatic rings. The second-order valence-electron chi connectivity index (χ2n) is 5.89. The van der Waals surface area contributed by atoms with E-state index in [0.29, 0.717) is 0 Å². The van der Waals surface area contributed by atoms with Crippen molar-refractivity contribution in [1.82, 2.24) is 0 Å². The summed E-state index contributed by atoms with van der Waals surface area (Å²) in [5.41, 5.74) is 2.56. The maximum atomic E-state index is 5.87. The number of unbranched alkanes of at least 4 members (excludes halogenated alkanes) is 1. The third kappa shape index (κ3) is 4.87. The molecule has 1 aromatic carbocycles. The molecule has 2 heteroatoms. The van der Waals surface area contributed by atoms with Gasteiger partial charge in [-0.3, -0.25) is 0 Å². The number of piperidine rings is 1. The largest absolute Gasteiger partial charge is 0.493 e. The van der Waals surface area contributed by atoms with Gasteiger partial charge >= 0.3 is 0 Å². The fourth-order valence-electron chi connectivity index (χ4n) is 2.92. The first-order valence-electron chi connectivity index (χ1n) is 7.79. The Morgan fingerprint density at radius 1 is 1.05 bits per heavy atom. The summed E-state index contributed by atoms with van der Waals surface area (Å²) in [5, 5.41) is 0. The summed E-state index contributed by atoms with van der Waals surface area (Å²) >= 11 is 0. The quantitative estimate of drug-likeness (QED) is 0.778. The van der Waals surface area contributed by atoms with Crippen LogP contribution in [0.25, 0.3) is 0 Å². The Kier molecular flexibility index (Phi) is 5.71. The molecule has 2 rings (SSSR count). The van der Waals surface area contributed by atoms with Crippen molar-refractivity contribution in [3.63, 3.8) is 0 Å². The summed E-state index contributed by atoms with van der Waals surface area (Å²) < 4.78 is 5.87. The molecule has 0 atom stereocenters. The lowest BCUT2D eigenvalue weighted by molar-refractivity contribution is -0.905. The Hall–Kier alpha value is -1.02. The highest BCUT2D eigenvalue weighted by Gasteiger charge is 2.12. The van der Waals surface area contributed by atoms with E-state index in [0.717, 1.165) is 12.4 Å². The maximum absolute atomic E-state index is 5.87. The predicted octanol–water partition coefficient (Wildman–Crippen LogP) is 2.53. The van der Waals surface area contributed by atoms with E-state index in [2.05, 4.69) is 32.0 Å². The number of benzene rings is 1. The number of ether oxygens (including phenoxy) is 1. The predicted molar refractivity (Wildman–Crippen MR) is 80.1 cm³/mol. The van der Waals surface area contributed by atoms with Crippen LogP contribution in [0.5, 0.6) is 5.75 Å². The molecule has 0 aliphatic carbocycles. The first-order valence-corrected chi connectivity index (χ1v) is 7.79. The number of likely N-dealkylation sites (tertiary alicyclic amines) is 1. The summed E-state index contributed by atoms with van der Waals surface area (Å²) in [4.78, 5) is 1.80. The lowest BCUT2D eigenvalue weighted by atomic mass is 10.1. The van der Waals surface area contributed by atoms with Gasteiger partial charge in [-0.25, -0.2) is 0 Å². The van der Waals surface area contributed by atoms with E-state index in [1.165, 1.54) is 62.9 Å². The van der Waals surface area contributed by atoms with Crippen LogP contribution in [0.1, 0.15) is 43.2 Å². The number of nitrogens with one attached hydrogen (secondary N) is 1. The topological polar surface area (TPSA) is 13.7 Å². The monoisotopic (exact) mass is 262 g/mol. The summed E-state index contributed by atoms with van der Waals surface area (Å²) in [5.74, 6) is 1.05. The highest BCUT2D eigenvalue weighted by Crippen LogP contribution is 2.18. The summed E-state index contributed by atoms with van der Waals surface area (Å²) in [6, 6.07) is 6.41. The minimum atomic E-state index is 0.858. The van der Waals surface area contributed by atoms with Crippen molar-refractivity contribution in [1.29, 1.82) is 0 Å².